The quantitative estimate of drug-likeness (QED) is 0.636. The van der Waals surface area contributed by atoms with E-state index in [0.29, 0.717) is 0 Å². The second-order valence-electron chi connectivity index (χ2n) is 1.91. The molecule has 0 saturated carbocycles. The molecule has 0 spiro atoms. The molecule has 0 saturated heterocycles. The Bertz CT molecular complexity index is 154. The maximum absolute atomic E-state index is 10.6. The fraction of sp³-hybridized carbons (Fsp3) is 0.667. The molecule has 0 aliphatic rings. The lowest BCUT2D eigenvalue weighted by atomic mass is 10.6. The topological polar surface area (TPSA) is 66.4 Å². The highest BCUT2D eigenvalue weighted by molar-refractivity contribution is 7.99. The molecule has 2 amide bonds. The molecule has 0 aliphatic heterocycles. The largest absolute Gasteiger partial charge is 0.465 e. The van der Waals surface area contributed by atoms with E-state index in [1.54, 1.807) is 5.32 Å². The number of carbonyl (C=O) groups is 2. The molecule has 0 radical (unpaired) electrons. The van der Waals surface area contributed by atoms with Crippen molar-refractivity contribution in [2.45, 2.75) is 13.3 Å². The van der Waals surface area contributed by atoms with Crippen LogP contribution in [0.1, 0.15) is 14.8 Å². The Morgan fingerprint density at radius 1 is 1.64 bits per heavy atom. The smallest absolute Gasteiger partial charge is 0.411 e. The van der Waals surface area contributed by atoms with E-state index in [0.717, 1.165) is 12.2 Å². The molecule has 0 heterocycles. The summed E-state index contributed by atoms with van der Waals surface area (Å²) in [5, 5.41) is 9.86. The van der Waals surface area contributed by atoms with Crippen molar-refractivity contribution in [2.75, 3.05) is 11.5 Å². The van der Waals surface area contributed by atoms with Crippen LogP contribution in [0.3, 0.4) is 0 Å². The number of nitrogens with one attached hydrogen (secondary N) is 1. The Morgan fingerprint density at radius 3 is 2.73 bits per heavy atom. The lowest BCUT2D eigenvalue weighted by Crippen LogP contribution is -2.30. The van der Waals surface area contributed by atoms with Crippen LogP contribution in [0.4, 0.5) is 4.79 Å². The van der Waals surface area contributed by atoms with Gasteiger partial charge in [0.15, 0.2) is 0 Å². The van der Waals surface area contributed by atoms with Crippen molar-refractivity contribution in [2.24, 2.45) is 0 Å². The van der Waals surface area contributed by atoms with Gasteiger partial charge in [-0.05, 0) is 12.2 Å². The fourth-order valence-electron chi connectivity index (χ4n) is 0.465. The SMILES string of the molecule is CCCSCC(=O)NC(=O)O.[HH]. The minimum absolute atomic E-state index is 0. The Morgan fingerprint density at radius 2 is 2.27 bits per heavy atom. The predicted octanol–water partition coefficient (Wildman–Crippen LogP) is 1.17. The highest BCUT2D eigenvalue weighted by atomic mass is 32.2. The number of hydrogen-bond acceptors (Lipinski definition) is 3. The van der Waals surface area contributed by atoms with Gasteiger partial charge >= 0.3 is 6.09 Å². The maximum Gasteiger partial charge on any atom is 0.411 e. The van der Waals surface area contributed by atoms with E-state index < -0.39 is 12.0 Å². The number of hydrogen-bond donors (Lipinski definition) is 2. The molecule has 0 bridgehead atoms. The Labute approximate surface area is 70.8 Å². The lowest BCUT2D eigenvalue weighted by Gasteiger charge is -1.97. The van der Waals surface area contributed by atoms with Crippen LogP contribution in [0.5, 0.6) is 0 Å². The molecule has 4 nitrogen and oxygen atoms in total. The summed E-state index contributed by atoms with van der Waals surface area (Å²) >= 11 is 1.43. The molecular formula is C6H13NO3S. The summed E-state index contributed by atoms with van der Waals surface area (Å²) in [7, 11) is 0. The molecule has 0 rings (SSSR count). The summed E-state index contributed by atoms with van der Waals surface area (Å²) in [6.07, 6.45) is -0.294. The molecule has 11 heavy (non-hydrogen) atoms. The van der Waals surface area contributed by atoms with Crippen molar-refractivity contribution >= 4 is 23.8 Å². The normalized spacial score (nSPS) is 9.18. The second kappa shape index (κ2) is 6.03. The van der Waals surface area contributed by atoms with E-state index >= 15 is 0 Å². The number of carboxylic acid groups (broad SMARTS) is 1. The van der Waals surface area contributed by atoms with Gasteiger partial charge in [-0.25, -0.2) is 4.79 Å². The standard InChI is InChI=1S/C6H11NO3S.H2/c1-2-3-11-4-5(8)7-6(9)10;/h2-4H2,1H3,(H,7,8)(H,9,10);1H. The van der Waals surface area contributed by atoms with Crippen LogP contribution in [-0.2, 0) is 4.79 Å². The van der Waals surface area contributed by atoms with Crippen LogP contribution < -0.4 is 5.32 Å². The first-order valence-corrected chi connectivity index (χ1v) is 4.42. The van der Waals surface area contributed by atoms with E-state index in [2.05, 4.69) is 0 Å². The first kappa shape index (κ1) is 10.3. The zero-order chi connectivity index (χ0) is 8.69. The number of amides is 2. The van der Waals surface area contributed by atoms with Gasteiger partial charge in [-0.2, -0.15) is 11.8 Å². The molecule has 0 fully saturated rings. The number of carbonyl (C=O) groups excluding carboxylic acids is 1. The van der Waals surface area contributed by atoms with Crippen molar-refractivity contribution < 1.29 is 16.1 Å². The molecule has 0 aromatic heterocycles. The summed E-state index contributed by atoms with van der Waals surface area (Å²) in [4.78, 5) is 20.5. The third-order valence-electron chi connectivity index (χ3n) is 0.828. The zero-order valence-electron chi connectivity index (χ0n) is 6.29. The van der Waals surface area contributed by atoms with Crippen LogP contribution in [-0.4, -0.2) is 28.6 Å². The first-order valence-electron chi connectivity index (χ1n) is 3.27. The zero-order valence-corrected chi connectivity index (χ0v) is 7.11. The minimum atomic E-state index is -1.29. The fourth-order valence-corrected chi connectivity index (χ4v) is 1.16. The molecule has 0 aromatic rings. The van der Waals surface area contributed by atoms with Crippen molar-refractivity contribution in [3.8, 4) is 0 Å². The van der Waals surface area contributed by atoms with Crippen LogP contribution in [0, 0.1) is 0 Å². The van der Waals surface area contributed by atoms with Crippen molar-refractivity contribution in [1.29, 1.82) is 0 Å². The minimum Gasteiger partial charge on any atom is -0.465 e. The van der Waals surface area contributed by atoms with Crippen LogP contribution in [0.15, 0.2) is 0 Å². The third-order valence-corrected chi connectivity index (χ3v) is 1.99. The van der Waals surface area contributed by atoms with Gasteiger partial charge in [0, 0.05) is 1.43 Å². The molecule has 5 heteroatoms. The van der Waals surface area contributed by atoms with E-state index in [1.807, 2.05) is 6.92 Å². The second-order valence-corrected chi connectivity index (χ2v) is 3.01. The van der Waals surface area contributed by atoms with Gasteiger partial charge in [0.2, 0.25) is 5.91 Å². The predicted molar refractivity (Wildman–Crippen MR) is 45.9 cm³/mol. The van der Waals surface area contributed by atoms with Crippen LogP contribution >= 0.6 is 11.8 Å². The van der Waals surface area contributed by atoms with Gasteiger partial charge in [-0.15, -0.1) is 0 Å². The average molecular weight is 179 g/mol. The van der Waals surface area contributed by atoms with Crippen molar-refractivity contribution in [3.63, 3.8) is 0 Å². The highest BCUT2D eigenvalue weighted by Crippen LogP contribution is 2.00. The van der Waals surface area contributed by atoms with Gasteiger partial charge in [-0.1, -0.05) is 6.92 Å². The van der Waals surface area contributed by atoms with Gasteiger partial charge in [0.1, 0.15) is 0 Å². The Balaban J connectivity index is 0. The van der Waals surface area contributed by atoms with Gasteiger partial charge in [-0.3, -0.25) is 10.1 Å². The summed E-state index contributed by atoms with van der Waals surface area (Å²) in [5.41, 5.74) is 0. The first-order chi connectivity index (χ1) is 5.16. The van der Waals surface area contributed by atoms with E-state index in [-0.39, 0.29) is 7.18 Å². The van der Waals surface area contributed by atoms with Crippen molar-refractivity contribution in [1.82, 2.24) is 5.32 Å². The monoisotopic (exact) mass is 179 g/mol. The summed E-state index contributed by atoms with van der Waals surface area (Å²) in [6, 6.07) is 0. The number of thioether (sulfide) groups is 1. The summed E-state index contributed by atoms with van der Waals surface area (Å²) < 4.78 is 0. The number of rotatable bonds is 4. The number of imide groups is 1. The third kappa shape index (κ3) is 7.18. The van der Waals surface area contributed by atoms with Gasteiger partial charge in [0.05, 0.1) is 5.75 Å². The molecule has 0 unspecified atom stereocenters. The van der Waals surface area contributed by atoms with Crippen LogP contribution in [0.2, 0.25) is 0 Å². The van der Waals surface area contributed by atoms with E-state index in [1.165, 1.54) is 11.8 Å². The summed E-state index contributed by atoms with van der Waals surface area (Å²) in [6.45, 7) is 2.00. The van der Waals surface area contributed by atoms with Gasteiger partial charge in [0.25, 0.3) is 0 Å². The molecule has 0 atom stereocenters. The van der Waals surface area contributed by atoms with Crippen LogP contribution in [0.25, 0.3) is 0 Å². The molecule has 0 aliphatic carbocycles. The maximum atomic E-state index is 10.6. The van der Waals surface area contributed by atoms with Crippen molar-refractivity contribution in [3.05, 3.63) is 0 Å². The van der Waals surface area contributed by atoms with Gasteiger partial charge < -0.3 is 5.11 Å². The Hall–Kier alpha value is -0.710. The molecule has 66 valence electrons. The van der Waals surface area contributed by atoms with E-state index in [9.17, 15) is 9.59 Å². The average Bonchev–Trinajstić information content (AvgIpc) is 1.86. The molecule has 0 aromatic carbocycles. The summed E-state index contributed by atoms with van der Waals surface area (Å²) in [5.74, 6) is 0.656. The highest BCUT2D eigenvalue weighted by Gasteiger charge is 2.03. The Kier molecular flexibility index (Phi) is 5.64. The van der Waals surface area contributed by atoms with E-state index in [4.69, 9.17) is 5.11 Å². The molecule has 2 N–H and O–H groups in total. The lowest BCUT2D eigenvalue weighted by molar-refractivity contribution is -0.117. The molecular weight excluding hydrogens is 166 g/mol.